The van der Waals surface area contributed by atoms with E-state index in [0.29, 0.717) is 31.5 Å². The van der Waals surface area contributed by atoms with Crippen LogP contribution in [0.25, 0.3) is 10.1 Å². The fraction of sp³-hybridized carbons (Fsp3) is 0.273. The van der Waals surface area contributed by atoms with Crippen molar-refractivity contribution in [1.82, 2.24) is 4.90 Å². The Kier molecular flexibility index (Phi) is 4.70. The van der Waals surface area contributed by atoms with Crippen LogP contribution in [-0.2, 0) is 0 Å². The number of carbonyl (C=O) groups excluding carboxylic acids is 2. The average Bonchev–Trinajstić information content (AvgIpc) is 3.04. The second kappa shape index (κ2) is 7.16. The molecule has 0 spiro atoms. The average molecular weight is 379 g/mol. The fourth-order valence-corrected chi connectivity index (χ4v) is 4.91. The molecule has 27 heavy (non-hydrogen) atoms. The van der Waals surface area contributed by atoms with Crippen molar-refractivity contribution < 1.29 is 14.7 Å². The number of rotatable bonds is 3. The minimum atomic E-state index is -0.0675. The van der Waals surface area contributed by atoms with E-state index in [1.165, 1.54) is 12.1 Å². The molecule has 1 aromatic heterocycles. The number of ketones is 1. The van der Waals surface area contributed by atoms with Crippen LogP contribution in [0.5, 0.6) is 5.75 Å². The number of aryl methyl sites for hydroxylation is 1. The normalized spacial score (nSPS) is 15.2. The number of phenols is 1. The predicted octanol–water partition coefficient (Wildman–Crippen LogP) is 4.65. The maximum atomic E-state index is 13.0. The van der Waals surface area contributed by atoms with Gasteiger partial charge in [-0.05, 0) is 61.0 Å². The van der Waals surface area contributed by atoms with Gasteiger partial charge in [-0.3, -0.25) is 9.59 Å². The highest BCUT2D eigenvalue weighted by molar-refractivity contribution is 7.21. The number of aromatic hydroxyl groups is 1. The highest BCUT2D eigenvalue weighted by Crippen LogP contribution is 2.32. The summed E-state index contributed by atoms with van der Waals surface area (Å²) in [6, 6.07) is 14.5. The molecule has 1 amide bonds. The predicted molar refractivity (Wildman–Crippen MR) is 108 cm³/mol. The summed E-state index contributed by atoms with van der Waals surface area (Å²) in [5, 5.41) is 10.5. The van der Waals surface area contributed by atoms with E-state index >= 15 is 0 Å². The van der Waals surface area contributed by atoms with Crippen LogP contribution < -0.4 is 0 Å². The highest BCUT2D eigenvalue weighted by Gasteiger charge is 2.29. The number of piperidine rings is 1. The van der Waals surface area contributed by atoms with E-state index in [0.717, 1.165) is 20.5 Å². The van der Waals surface area contributed by atoms with Crippen LogP contribution in [0.2, 0.25) is 0 Å². The summed E-state index contributed by atoms with van der Waals surface area (Å²) in [5.74, 6) is 0.261. The Morgan fingerprint density at radius 1 is 1.04 bits per heavy atom. The topological polar surface area (TPSA) is 57.6 Å². The Morgan fingerprint density at radius 2 is 1.70 bits per heavy atom. The summed E-state index contributed by atoms with van der Waals surface area (Å²) in [5.41, 5.74) is 1.67. The van der Waals surface area contributed by atoms with Crippen molar-refractivity contribution in [2.24, 2.45) is 5.92 Å². The number of amides is 1. The molecule has 138 valence electrons. The van der Waals surface area contributed by atoms with Gasteiger partial charge in [-0.25, -0.2) is 0 Å². The second-order valence-corrected chi connectivity index (χ2v) is 8.08. The molecule has 0 unspecified atom stereocenters. The molecule has 3 aromatic rings. The fourth-order valence-electron chi connectivity index (χ4n) is 3.73. The molecule has 2 aromatic carbocycles. The van der Waals surface area contributed by atoms with Gasteiger partial charge in [0.25, 0.3) is 5.91 Å². The monoisotopic (exact) mass is 379 g/mol. The Hall–Kier alpha value is -2.66. The number of carbonyl (C=O) groups is 2. The Morgan fingerprint density at radius 3 is 2.37 bits per heavy atom. The molecule has 1 aliphatic heterocycles. The molecule has 1 saturated heterocycles. The summed E-state index contributed by atoms with van der Waals surface area (Å²) >= 11 is 1.55. The number of hydrogen-bond acceptors (Lipinski definition) is 4. The van der Waals surface area contributed by atoms with Gasteiger partial charge >= 0.3 is 0 Å². The summed E-state index contributed by atoms with van der Waals surface area (Å²) in [6.07, 6.45) is 1.35. The molecule has 1 fully saturated rings. The SMILES string of the molecule is Cc1c(C(=O)N2CCC(C(=O)c3ccc(O)cc3)CC2)sc2ccccc12. The molecule has 0 bridgehead atoms. The van der Waals surface area contributed by atoms with Gasteiger partial charge in [-0.15, -0.1) is 11.3 Å². The lowest BCUT2D eigenvalue weighted by Crippen LogP contribution is -2.40. The van der Waals surface area contributed by atoms with E-state index in [1.54, 1.807) is 23.5 Å². The van der Waals surface area contributed by atoms with Crippen LogP contribution in [0.4, 0.5) is 0 Å². The summed E-state index contributed by atoms with van der Waals surface area (Å²) < 4.78 is 1.13. The standard InChI is InChI=1S/C22H21NO3S/c1-14-18-4-2-3-5-19(18)27-21(14)22(26)23-12-10-16(11-13-23)20(25)15-6-8-17(24)9-7-15/h2-9,16,24H,10-13H2,1H3. The van der Waals surface area contributed by atoms with Crippen LogP contribution in [0.15, 0.2) is 48.5 Å². The van der Waals surface area contributed by atoms with Gasteiger partial charge in [0.05, 0.1) is 4.88 Å². The van der Waals surface area contributed by atoms with Gasteiger partial charge in [0.1, 0.15) is 5.75 Å². The largest absolute Gasteiger partial charge is 0.508 e. The van der Waals surface area contributed by atoms with Gasteiger partial charge in [-0.1, -0.05) is 18.2 Å². The number of thiophene rings is 1. The van der Waals surface area contributed by atoms with Crippen molar-refractivity contribution >= 4 is 33.1 Å². The molecular formula is C22H21NO3S. The van der Waals surface area contributed by atoms with E-state index in [4.69, 9.17) is 0 Å². The van der Waals surface area contributed by atoms with E-state index in [1.807, 2.05) is 30.0 Å². The lowest BCUT2D eigenvalue weighted by atomic mass is 9.88. The van der Waals surface area contributed by atoms with E-state index in [9.17, 15) is 14.7 Å². The number of nitrogens with zero attached hydrogens (tertiary/aromatic N) is 1. The van der Waals surface area contributed by atoms with Crippen LogP contribution in [0.1, 0.15) is 38.4 Å². The van der Waals surface area contributed by atoms with E-state index in [-0.39, 0.29) is 23.4 Å². The molecule has 0 radical (unpaired) electrons. The molecule has 5 heteroatoms. The Bertz CT molecular complexity index is 998. The van der Waals surface area contributed by atoms with Gasteiger partial charge in [0.15, 0.2) is 5.78 Å². The zero-order valence-corrected chi connectivity index (χ0v) is 16.0. The minimum Gasteiger partial charge on any atom is -0.508 e. The number of hydrogen-bond donors (Lipinski definition) is 1. The number of fused-ring (bicyclic) bond motifs is 1. The molecule has 4 rings (SSSR count). The van der Waals surface area contributed by atoms with Crippen molar-refractivity contribution in [1.29, 1.82) is 0 Å². The quantitative estimate of drug-likeness (QED) is 0.674. The summed E-state index contributed by atoms with van der Waals surface area (Å²) in [6.45, 7) is 3.20. The van der Waals surface area contributed by atoms with E-state index < -0.39 is 0 Å². The molecule has 0 saturated carbocycles. The first-order valence-electron chi connectivity index (χ1n) is 9.15. The molecule has 0 atom stereocenters. The molecular weight excluding hydrogens is 358 g/mol. The zero-order chi connectivity index (χ0) is 19.0. The van der Waals surface area contributed by atoms with Gasteiger partial charge < -0.3 is 10.0 Å². The van der Waals surface area contributed by atoms with Crippen molar-refractivity contribution in [3.63, 3.8) is 0 Å². The Labute approximate surface area is 162 Å². The molecule has 1 N–H and O–H groups in total. The van der Waals surface area contributed by atoms with Crippen molar-refractivity contribution in [3.8, 4) is 5.75 Å². The first-order chi connectivity index (χ1) is 13.0. The van der Waals surface area contributed by atoms with Crippen LogP contribution >= 0.6 is 11.3 Å². The number of Topliss-reactive ketones (excluding diaryl/α,β-unsaturated/α-hetero) is 1. The zero-order valence-electron chi connectivity index (χ0n) is 15.1. The number of benzene rings is 2. The molecule has 2 heterocycles. The lowest BCUT2D eigenvalue weighted by Gasteiger charge is -2.31. The van der Waals surface area contributed by atoms with Crippen LogP contribution in [0, 0.1) is 12.8 Å². The van der Waals surface area contributed by atoms with Crippen LogP contribution in [0.3, 0.4) is 0 Å². The van der Waals surface area contributed by atoms with Crippen LogP contribution in [-0.4, -0.2) is 34.8 Å². The maximum Gasteiger partial charge on any atom is 0.264 e. The highest BCUT2D eigenvalue weighted by atomic mass is 32.1. The molecule has 0 aliphatic carbocycles. The van der Waals surface area contributed by atoms with Crippen molar-refractivity contribution in [3.05, 3.63) is 64.5 Å². The first kappa shape index (κ1) is 17.7. The second-order valence-electron chi connectivity index (χ2n) is 7.03. The van der Waals surface area contributed by atoms with E-state index in [2.05, 4.69) is 6.07 Å². The third-order valence-electron chi connectivity index (χ3n) is 5.34. The van der Waals surface area contributed by atoms with Gasteiger partial charge in [0.2, 0.25) is 0 Å². The third-order valence-corrected chi connectivity index (χ3v) is 6.60. The summed E-state index contributed by atoms with van der Waals surface area (Å²) in [4.78, 5) is 28.3. The van der Waals surface area contributed by atoms with Crippen molar-refractivity contribution in [2.45, 2.75) is 19.8 Å². The molecule has 4 nitrogen and oxygen atoms in total. The van der Waals surface area contributed by atoms with Gasteiger partial charge in [0, 0.05) is 29.3 Å². The number of likely N-dealkylation sites (tertiary alicyclic amines) is 1. The Balaban J connectivity index is 1.45. The smallest absolute Gasteiger partial charge is 0.264 e. The third kappa shape index (κ3) is 3.35. The van der Waals surface area contributed by atoms with Crippen molar-refractivity contribution in [2.75, 3.05) is 13.1 Å². The first-order valence-corrected chi connectivity index (χ1v) is 9.97. The number of phenolic OH excluding ortho intramolecular Hbond substituents is 1. The summed E-state index contributed by atoms with van der Waals surface area (Å²) in [7, 11) is 0. The lowest BCUT2D eigenvalue weighted by molar-refractivity contribution is 0.0653. The van der Waals surface area contributed by atoms with Gasteiger partial charge in [-0.2, -0.15) is 0 Å². The molecule has 1 aliphatic rings. The maximum absolute atomic E-state index is 13.0. The minimum absolute atomic E-state index is 0.0675.